The second-order valence-corrected chi connectivity index (χ2v) is 3.58. The predicted octanol–water partition coefficient (Wildman–Crippen LogP) is 2.90. The van der Waals surface area contributed by atoms with Gasteiger partial charge in [0.05, 0.1) is 0 Å². The standard InChI is InChI=1S/C11H8F4N2O/c12-7-4-8(16)6-2-1-3-17-9(6)10(7)18-5-11(13,14)15/h1-4H,5,16H2. The molecule has 0 saturated heterocycles. The van der Waals surface area contributed by atoms with Gasteiger partial charge in [0.1, 0.15) is 5.52 Å². The van der Waals surface area contributed by atoms with Crippen molar-refractivity contribution in [1.29, 1.82) is 0 Å². The number of aromatic nitrogens is 1. The molecule has 0 spiro atoms. The van der Waals surface area contributed by atoms with Crippen LogP contribution in [0.5, 0.6) is 5.75 Å². The van der Waals surface area contributed by atoms with Gasteiger partial charge in [0.2, 0.25) is 0 Å². The van der Waals surface area contributed by atoms with E-state index in [1.54, 1.807) is 6.07 Å². The van der Waals surface area contributed by atoms with Crippen LogP contribution in [0, 0.1) is 5.82 Å². The molecule has 0 aliphatic rings. The Labute approximate surface area is 99.2 Å². The first-order valence-electron chi connectivity index (χ1n) is 4.91. The molecule has 0 atom stereocenters. The van der Waals surface area contributed by atoms with E-state index in [4.69, 9.17) is 5.73 Å². The summed E-state index contributed by atoms with van der Waals surface area (Å²) in [5, 5.41) is 0.344. The lowest BCUT2D eigenvalue weighted by atomic mass is 10.1. The molecule has 2 N–H and O–H groups in total. The van der Waals surface area contributed by atoms with Crippen molar-refractivity contribution in [2.45, 2.75) is 6.18 Å². The second-order valence-electron chi connectivity index (χ2n) is 3.58. The van der Waals surface area contributed by atoms with E-state index in [-0.39, 0.29) is 11.2 Å². The van der Waals surface area contributed by atoms with Crippen LogP contribution in [-0.2, 0) is 0 Å². The van der Waals surface area contributed by atoms with Gasteiger partial charge in [-0.15, -0.1) is 0 Å². The Morgan fingerprint density at radius 1 is 1.33 bits per heavy atom. The van der Waals surface area contributed by atoms with Crippen LogP contribution in [0.4, 0.5) is 23.2 Å². The van der Waals surface area contributed by atoms with Gasteiger partial charge in [-0.2, -0.15) is 13.2 Å². The maximum absolute atomic E-state index is 13.5. The average Bonchev–Trinajstić information content (AvgIpc) is 2.27. The van der Waals surface area contributed by atoms with Crippen molar-refractivity contribution < 1.29 is 22.3 Å². The SMILES string of the molecule is Nc1cc(F)c(OCC(F)(F)F)c2ncccc12. The highest BCUT2D eigenvalue weighted by atomic mass is 19.4. The van der Waals surface area contributed by atoms with E-state index in [0.29, 0.717) is 5.39 Å². The molecule has 0 fully saturated rings. The number of benzene rings is 1. The fourth-order valence-electron chi connectivity index (χ4n) is 1.50. The number of nitrogen functional groups attached to an aromatic ring is 1. The molecular formula is C11H8F4N2O. The number of ether oxygens (including phenoxy) is 1. The van der Waals surface area contributed by atoms with Crippen LogP contribution in [-0.4, -0.2) is 17.8 Å². The van der Waals surface area contributed by atoms with Crippen molar-refractivity contribution >= 4 is 16.6 Å². The Bertz CT molecular complexity index is 583. The molecule has 3 nitrogen and oxygen atoms in total. The van der Waals surface area contributed by atoms with Crippen LogP contribution in [0.25, 0.3) is 10.9 Å². The molecule has 0 aliphatic heterocycles. The smallest absolute Gasteiger partial charge is 0.422 e. The Morgan fingerprint density at radius 3 is 2.72 bits per heavy atom. The zero-order chi connectivity index (χ0) is 13.3. The van der Waals surface area contributed by atoms with Gasteiger partial charge in [-0.05, 0) is 12.1 Å². The molecular weight excluding hydrogens is 252 g/mol. The predicted molar refractivity (Wildman–Crippen MR) is 57.7 cm³/mol. The van der Waals surface area contributed by atoms with Crippen LogP contribution in [0.2, 0.25) is 0 Å². The van der Waals surface area contributed by atoms with E-state index in [2.05, 4.69) is 9.72 Å². The molecule has 7 heteroatoms. The summed E-state index contributed by atoms with van der Waals surface area (Å²) in [6, 6.07) is 3.98. The van der Waals surface area contributed by atoms with Gasteiger partial charge in [-0.3, -0.25) is 4.98 Å². The van der Waals surface area contributed by atoms with E-state index in [0.717, 1.165) is 6.07 Å². The van der Waals surface area contributed by atoms with E-state index in [9.17, 15) is 17.6 Å². The van der Waals surface area contributed by atoms with Crippen LogP contribution in [0.3, 0.4) is 0 Å². The second kappa shape index (κ2) is 4.32. The maximum atomic E-state index is 13.5. The Morgan fingerprint density at radius 2 is 2.06 bits per heavy atom. The molecule has 18 heavy (non-hydrogen) atoms. The number of nitrogens with zero attached hydrogens (tertiary/aromatic N) is 1. The number of rotatable bonds is 2. The first-order valence-corrected chi connectivity index (χ1v) is 4.91. The fourth-order valence-corrected chi connectivity index (χ4v) is 1.50. The zero-order valence-corrected chi connectivity index (χ0v) is 8.96. The number of alkyl halides is 3. The largest absolute Gasteiger partial charge is 0.479 e. The van der Waals surface area contributed by atoms with Crippen molar-refractivity contribution in [2.75, 3.05) is 12.3 Å². The summed E-state index contributed by atoms with van der Waals surface area (Å²) < 4.78 is 54.2. The Hall–Kier alpha value is -2.05. The summed E-state index contributed by atoms with van der Waals surface area (Å²) in [5.74, 6) is -1.51. The minimum Gasteiger partial charge on any atom is -0.479 e. The van der Waals surface area contributed by atoms with E-state index < -0.39 is 24.3 Å². The molecule has 0 bridgehead atoms. The third kappa shape index (κ3) is 2.44. The molecule has 1 heterocycles. The highest BCUT2D eigenvalue weighted by Gasteiger charge is 2.29. The third-order valence-electron chi connectivity index (χ3n) is 2.21. The normalized spacial score (nSPS) is 11.8. The van der Waals surface area contributed by atoms with Gasteiger partial charge in [-0.1, -0.05) is 0 Å². The summed E-state index contributed by atoms with van der Waals surface area (Å²) in [7, 11) is 0. The van der Waals surface area contributed by atoms with Gasteiger partial charge in [0.25, 0.3) is 0 Å². The summed E-state index contributed by atoms with van der Waals surface area (Å²) >= 11 is 0. The lowest BCUT2D eigenvalue weighted by Crippen LogP contribution is -2.20. The van der Waals surface area contributed by atoms with Gasteiger partial charge in [-0.25, -0.2) is 4.39 Å². The van der Waals surface area contributed by atoms with Gasteiger partial charge in [0.15, 0.2) is 18.2 Å². The first kappa shape index (κ1) is 12.4. The molecule has 2 rings (SSSR count). The van der Waals surface area contributed by atoms with E-state index >= 15 is 0 Å². The molecule has 2 aromatic rings. The number of anilines is 1. The zero-order valence-electron chi connectivity index (χ0n) is 8.96. The maximum Gasteiger partial charge on any atom is 0.422 e. The molecule has 0 saturated carbocycles. The molecule has 0 aliphatic carbocycles. The van der Waals surface area contributed by atoms with E-state index in [1.807, 2.05) is 0 Å². The molecule has 0 amide bonds. The number of fused-ring (bicyclic) bond motifs is 1. The molecule has 96 valence electrons. The van der Waals surface area contributed by atoms with Crippen molar-refractivity contribution in [3.05, 3.63) is 30.2 Å². The van der Waals surface area contributed by atoms with Gasteiger partial charge < -0.3 is 10.5 Å². The number of hydrogen-bond acceptors (Lipinski definition) is 3. The van der Waals surface area contributed by atoms with Gasteiger partial charge in [0, 0.05) is 23.3 Å². The first-order chi connectivity index (χ1) is 8.38. The molecule has 1 aromatic heterocycles. The summed E-state index contributed by atoms with van der Waals surface area (Å²) in [4.78, 5) is 3.79. The van der Waals surface area contributed by atoms with Crippen LogP contribution in [0.15, 0.2) is 24.4 Å². The monoisotopic (exact) mass is 260 g/mol. The molecule has 1 aromatic carbocycles. The third-order valence-corrected chi connectivity index (χ3v) is 2.21. The molecule has 0 unspecified atom stereocenters. The van der Waals surface area contributed by atoms with E-state index in [1.165, 1.54) is 12.3 Å². The summed E-state index contributed by atoms with van der Waals surface area (Å²) in [6.07, 6.45) is -3.23. The molecule has 0 radical (unpaired) electrons. The minimum absolute atomic E-state index is 0.0285. The van der Waals surface area contributed by atoms with Crippen molar-refractivity contribution in [3.63, 3.8) is 0 Å². The lowest BCUT2D eigenvalue weighted by Gasteiger charge is -2.12. The topological polar surface area (TPSA) is 48.1 Å². The average molecular weight is 260 g/mol. The Kier molecular flexibility index (Phi) is 2.98. The van der Waals surface area contributed by atoms with Crippen LogP contribution < -0.4 is 10.5 Å². The van der Waals surface area contributed by atoms with Crippen molar-refractivity contribution in [3.8, 4) is 5.75 Å². The van der Waals surface area contributed by atoms with Gasteiger partial charge >= 0.3 is 6.18 Å². The number of pyridine rings is 1. The highest BCUT2D eigenvalue weighted by molar-refractivity contribution is 5.94. The number of halogens is 4. The fraction of sp³-hybridized carbons (Fsp3) is 0.182. The van der Waals surface area contributed by atoms with Crippen LogP contribution >= 0.6 is 0 Å². The summed E-state index contributed by atoms with van der Waals surface area (Å²) in [6.45, 7) is -1.58. The lowest BCUT2D eigenvalue weighted by molar-refractivity contribution is -0.153. The summed E-state index contributed by atoms with van der Waals surface area (Å²) in [5.41, 5.74) is 5.61. The van der Waals surface area contributed by atoms with Crippen molar-refractivity contribution in [2.24, 2.45) is 0 Å². The van der Waals surface area contributed by atoms with Crippen molar-refractivity contribution in [1.82, 2.24) is 4.98 Å². The quantitative estimate of drug-likeness (QED) is 0.667. The number of hydrogen-bond donors (Lipinski definition) is 1. The Balaban J connectivity index is 2.49. The highest BCUT2D eigenvalue weighted by Crippen LogP contribution is 2.32. The number of nitrogens with two attached hydrogens (primary N) is 1. The van der Waals surface area contributed by atoms with Crippen LogP contribution in [0.1, 0.15) is 0 Å². The minimum atomic E-state index is -4.55.